The fraction of sp³-hybridized carbons (Fsp3) is 0.538. The van der Waals surface area contributed by atoms with Crippen LogP contribution in [0.1, 0.15) is 55.6 Å². The van der Waals surface area contributed by atoms with Gasteiger partial charge in [-0.3, -0.25) is 9.69 Å². The smallest absolute Gasteiger partial charge is 0.298 e. The van der Waals surface area contributed by atoms with Crippen molar-refractivity contribution in [2.24, 2.45) is 5.92 Å². The van der Waals surface area contributed by atoms with Crippen molar-refractivity contribution >= 4 is 22.8 Å². The predicted molar refractivity (Wildman–Crippen MR) is 131 cm³/mol. The van der Waals surface area contributed by atoms with E-state index in [1.807, 2.05) is 6.07 Å². The molecule has 2 N–H and O–H groups in total. The molecule has 176 valence electrons. The summed E-state index contributed by atoms with van der Waals surface area (Å²) < 4.78 is 5.95. The van der Waals surface area contributed by atoms with Crippen molar-refractivity contribution in [3.8, 4) is 0 Å². The lowest BCUT2D eigenvalue weighted by Gasteiger charge is -2.38. The van der Waals surface area contributed by atoms with Crippen LogP contribution in [0.4, 0.5) is 6.01 Å². The summed E-state index contributed by atoms with van der Waals surface area (Å²) in [5, 5.41) is 4.45. The van der Waals surface area contributed by atoms with E-state index in [9.17, 15) is 4.79 Å². The van der Waals surface area contributed by atoms with Crippen molar-refractivity contribution in [3.05, 3.63) is 48.0 Å². The highest BCUT2D eigenvalue weighted by Crippen LogP contribution is 2.31. The maximum absolute atomic E-state index is 13.1. The zero-order valence-electron chi connectivity index (χ0n) is 19.9. The molecule has 2 aromatic heterocycles. The van der Waals surface area contributed by atoms with Crippen LogP contribution < -0.4 is 10.2 Å². The van der Waals surface area contributed by atoms with E-state index in [4.69, 9.17) is 4.42 Å². The molecule has 2 aliphatic heterocycles. The highest BCUT2D eigenvalue weighted by Gasteiger charge is 2.39. The summed E-state index contributed by atoms with van der Waals surface area (Å²) in [5.41, 5.74) is 2.35. The summed E-state index contributed by atoms with van der Waals surface area (Å²) in [4.78, 5) is 25.6. The Morgan fingerprint density at radius 1 is 1.21 bits per heavy atom. The number of benzene rings is 1. The molecule has 7 nitrogen and oxygen atoms in total. The van der Waals surface area contributed by atoms with Gasteiger partial charge in [-0.05, 0) is 56.7 Å². The second-order valence-corrected chi connectivity index (χ2v) is 10.2. The van der Waals surface area contributed by atoms with Gasteiger partial charge in [-0.15, -0.1) is 0 Å². The van der Waals surface area contributed by atoms with Crippen LogP contribution in [0, 0.1) is 5.92 Å². The molecule has 0 spiro atoms. The third-order valence-corrected chi connectivity index (χ3v) is 7.40. The quantitative estimate of drug-likeness (QED) is 0.539. The molecule has 3 atom stereocenters. The number of anilines is 1. The number of nitrogens with zero attached hydrogens (tertiary/aromatic N) is 3. The fourth-order valence-electron chi connectivity index (χ4n) is 5.37. The number of H-pyrrole nitrogens is 1. The normalized spacial score (nSPS) is 21.8. The zero-order valence-corrected chi connectivity index (χ0v) is 19.9. The van der Waals surface area contributed by atoms with E-state index in [1.54, 1.807) is 6.20 Å². The van der Waals surface area contributed by atoms with Gasteiger partial charge in [0.15, 0.2) is 0 Å². The molecule has 7 heteroatoms. The minimum absolute atomic E-state index is 0.0344. The summed E-state index contributed by atoms with van der Waals surface area (Å²) in [7, 11) is 2.21. The third-order valence-electron chi connectivity index (χ3n) is 7.40. The topological polar surface area (TPSA) is 77.4 Å². The Hall–Kier alpha value is -2.80. The lowest BCUT2D eigenvalue weighted by Crippen LogP contribution is -2.52. The monoisotopic (exact) mass is 449 g/mol. The number of likely N-dealkylation sites (N-methyl/N-ethyl adjacent to an activating group) is 1. The number of fused-ring (bicyclic) bond motifs is 3. The summed E-state index contributed by atoms with van der Waals surface area (Å²) in [6, 6.07) is 10.0. The van der Waals surface area contributed by atoms with Gasteiger partial charge in [0.1, 0.15) is 0 Å². The molecule has 0 radical (unpaired) electrons. The standard InChI is InChI=1S/C26H35N5O2/c1-17(2)8-9-19(12-18-13-27-23-7-5-4-6-22(18)23)29-25(32)24-14-28-26(33-24)31-15-20-10-11-21(16-31)30(20)3/h4-7,13-14,17,19-21,27H,8-12,15-16H2,1-3H3,(H,29,32). The first kappa shape index (κ1) is 22.0. The average molecular weight is 450 g/mol. The Morgan fingerprint density at radius 3 is 2.73 bits per heavy atom. The maximum Gasteiger partial charge on any atom is 0.298 e. The van der Waals surface area contributed by atoms with E-state index >= 15 is 0 Å². The van der Waals surface area contributed by atoms with Crippen molar-refractivity contribution in [1.29, 1.82) is 0 Å². The second kappa shape index (κ2) is 9.21. The Kier molecular flexibility index (Phi) is 6.15. The number of carbonyl (C=O) groups excluding carboxylic acids is 1. The van der Waals surface area contributed by atoms with E-state index in [-0.39, 0.29) is 11.9 Å². The van der Waals surface area contributed by atoms with Crippen LogP contribution in [0.2, 0.25) is 0 Å². The molecule has 2 saturated heterocycles. The predicted octanol–water partition coefficient (Wildman–Crippen LogP) is 4.22. The molecule has 5 rings (SSSR count). The summed E-state index contributed by atoms with van der Waals surface area (Å²) in [6.45, 7) is 6.26. The van der Waals surface area contributed by atoms with Gasteiger partial charge in [0.25, 0.3) is 11.9 Å². The summed E-state index contributed by atoms with van der Waals surface area (Å²) in [6.07, 6.45) is 8.84. The molecule has 0 aliphatic carbocycles. The van der Waals surface area contributed by atoms with Crippen molar-refractivity contribution in [3.63, 3.8) is 0 Å². The number of aromatic nitrogens is 2. The molecule has 33 heavy (non-hydrogen) atoms. The van der Waals surface area contributed by atoms with Crippen molar-refractivity contribution in [2.45, 2.75) is 64.1 Å². The minimum Gasteiger partial charge on any atom is -0.418 e. The Labute approximate surface area is 195 Å². The fourth-order valence-corrected chi connectivity index (χ4v) is 5.37. The number of piperazine rings is 1. The van der Waals surface area contributed by atoms with Crippen LogP contribution in [0.5, 0.6) is 0 Å². The van der Waals surface area contributed by atoms with E-state index in [1.165, 1.54) is 23.8 Å². The Morgan fingerprint density at radius 2 is 1.97 bits per heavy atom. The number of aromatic amines is 1. The lowest BCUT2D eigenvalue weighted by molar-refractivity contribution is 0.0905. The van der Waals surface area contributed by atoms with Crippen LogP contribution in [0.3, 0.4) is 0 Å². The molecular formula is C26H35N5O2. The highest BCUT2D eigenvalue weighted by atomic mass is 16.4. The minimum atomic E-state index is -0.181. The van der Waals surface area contributed by atoms with Crippen LogP contribution in [-0.2, 0) is 6.42 Å². The van der Waals surface area contributed by atoms with Crippen molar-refractivity contribution in [1.82, 2.24) is 20.2 Å². The molecule has 4 heterocycles. The number of rotatable bonds is 8. The Bertz CT molecular complexity index is 1090. The highest BCUT2D eigenvalue weighted by molar-refractivity contribution is 5.91. The van der Waals surface area contributed by atoms with Gasteiger partial charge in [-0.1, -0.05) is 32.0 Å². The van der Waals surface area contributed by atoms with Crippen LogP contribution in [0.25, 0.3) is 10.9 Å². The van der Waals surface area contributed by atoms with E-state index in [0.29, 0.717) is 29.8 Å². The molecule has 2 bridgehead atoms. The van der Waals surface area contributed by atoms with Crippen LogP contribution in [-0.4, -0.2) is 59.0 Å². The summed E-state index contributed by atoms with van der Waals surface area (Å²) >= 11 is 0. The average Bonchev–Trinajstić information content (AvgIpc) is 3.49. The summed E-state index contributed by atoms with van der Waals surface area (Å²) in [5.74, 6) is 0.695. The molecule has 2 aliphatic rings. The molecule has 1 amide bonds. The maximum atomic E-state index is 13.1. The molecule has 1 aromatic carbocycles. The van der Waals surface area contributed by atoms with Gasteiger partial charge in [0.2, 0.25) is 5.76 Å². The van der Waals surface area contributed by atoms with Gasteiger partial charge in [-0.2, -0.15) is 0 Å². The second-order valence-electron chi connectivity index (χ2n) is 10.2. The number of para-hydroxylation sites is 1. The van der Waals surface area contributed by atoms with Crippen molar-refractivity contribution < 1.29 is 9.21 Å². The van der Waals surface area contributed by atoms with E-state index < -0.39 is 0 Å². The number of hydrogen-bond donors (Lipinski definition) is 2. The zero-order chi connectivity index (χ0) is 22.9. The first-order chi connectivity index (χ1) is 16.0. The Balaban J connectivity index is 1.27. The number of carbonyl (C=O) groups is 1. The van der Waals surface area contributed by atoms with Crippen molar-refractivity contribution in [2.75, 3.05) is 25.0 Å². The van der Waals surface area contributed by atoms with Gasteiger partial charge in [0, 0.05) is 48.3 Å². The number of nitrogens with one attached hydrogen (secondary N) is 2. The first-order valence-corrected chi connectivity index (χ1v) is 12.3. The largest absolute Gasteiger partial charge is 0.418 e. The van der Waals surface area contributed by atoms with Gasteiger partial charge in [-0.25, -0.2) is 4.98 Å². The third kappa shape index (κ3) is 4.64. The number of oxazole rings is 1. The van der Waals surface area contributed by atoms with Crippen LogP contribution in [0.15, 0.2) is 41.1 Å². The van der Waals surface area contributed by atoms with Gasteiger partial charge < -0.3 is 19.6 Å². The molecule has 3 unspecified atom stereocenters. The van der Waals surface area contributed by atoms with Gasteiger partial charge in [0.05, 0.1) is 6.20 Å². The number of amides is 1. The molecule has 3 aromatic rings. The first-order valence-electron chi connectivity index (χ1n) is 12.3. The SMILES string of the molecule is CC(C)CCC(Cc1c[nH]c2ccccc12)NC(=O)c1cnc(N2CC3CCC(C2)N3C)o1. The van der Waals surface area contributed by atoms with Crippen LogP contribution >= 0.6 is 0 Å². The van der Waals surface area contributed by atoms with E-state index in [2.05, 4.69) is 70.4 Å². The lowest BCUT2D eigenvalue weighted by atomic mass is 9.97. The molecular weight excluding hydrogens is 414 g/mol. The number of hydrogen-bond acceptors (Lipinski definition) is 5. The van der Waals surface area contributed by atoms with E-state index in [0.717, 1.165) is 37.9 Å². The molecule has 2 fully saturated rings. The molecule has 0 saturated carbocycles. The van der Waals surface area contributed by atoms with Gasteiger partial charge >= 0.3 is 0 Å².